The van der Waals surface area contributed by atoms with Crippen molar-refractivity contribution in [3.8, 4) is 0 Å². The smallest absolute Gasteiger partial charge is 0.450 e. The fourth-order valence-corrected chi connectivity index (χ4v) is 2.50. The highest BCUT2D eigenvalue weighted by Gasteiger charge is 2.46. The molecule has 0 radical (unpaired) electrons. The highest BCUT2D eigenvalue weighted by atomic mass is 16.7. The maximum absolute atomic E-state index is 10.2. The molecule has 1 spiro atoms. The monoisotopic (exact) mass is 185 g/mol. The molecule has 1 aliphatic heterocycles. The summed E-state index contributed by atoms with van der Waals surface area (Å²) in [5.41, 5.74) is 0.408. The van der Waals surface area contributed by atoms with Crippen LogP contribution in [0.5, 0.6) is 0 Å². The van der Waals surface area contributed by atoms with Crippen molar-refractivity contribution in [3.05, 3.63) is 0 Å². The molecule has 0 aromatic carbocycles. The third kappa shape index (κ3) is 1.77. The van der Waals surface area contributed by atoms with Crippen molar-refractivity contribution in [2.45, 2.75) is 31.8 Å². The van der Waals surface area contributed by atoms with Gasteiger partial charge in [0.2, 0.25) is 0 Å². The molecule has 0 amide bonds. The van der Waals surface area contributed by atoms with Gasteiger partial charge in [0.05, 0.1) is 0 Å². The molecule has 0 aromatic rings. The Labute approximate surface area is 77.3 Å². The van der Waals surface area contributed by atoms with Gasteiger partial charge < -0.3 is 15.2 Å². The molecule has 1 saturated heterocycles. The summed E-state index contributed by atoms with van der Waals surface area (Å²) in [4.78, 5) is 10.2. The molecule has 2 rings (SSSR count). The Kier molecular flexibility index (Phi) is 2.15. The molecule has 4 heteroatoms. The van der Waals surface area contributed by atoms with Gasteiger partial charge in [0, 0.05) is 0 Å². The van der Waals surface area contributed by atoms with E-state index in [2.05, 4.69) is 5.32 Å². The first-order valence-corrected chi connectivity index (χ1v) is 4.81. The molecular formula is C9H15NO3. The SMILES string of the molecule is O=C(O)OC1CC2(CCNCC2)C1. The van der Waals surface area contributed by atoms with E-state index in [1.165, 1.54) is 12.8 Å². The van der Waals surface area contributed by atoms with Gasteiger partial charge in [-0.15, -0.1) is 0 Å². The summed E-state index contributed by atoms with van der Waals surface area (Å²) in [6.07, 6.45) is 3.05. The number of carboxylic acid groups (broad SMARTS) is 1. The Balaban J connectivity index is 1.78. The van der Waals surface area contributed by atoms with Crippen LogP contribution in [0.15, 0.2) is 0 Å². The van der Waals surface area contributed by atoms with Crippen LogP contribution >= 0.6 is 0 Å². The van der Waals surface area contributed by atoms with Crippen LogP contribution in [0.1, 0.15) is 25.7 Å². The van der Waals surface area contributed by atoms with Crippen molar-refractivity contribution in [1.29, 1.82) is 0 Å². The van der Waals surface area contributed by atoms with Crippen LogP contribution < -0.4 is 5.32 Å². The van der Waals surface area contributed by atoms with Crippen LogP contribution in [0.4, 0.5) is 4.79 Å². The van der Waals surface area contributed by atoms with Crippen LogP contribution in [-0.4, -0.2) is 30.5 Å². The summed E-state index contributed by atoms with van der Waals surface area (Å²) in [6, 6.07) is 0. The van der Waals surface area contributed by atoms with E-state index in [0.29, 0.717) is 5.41 Å². The Morgan fingerprint density at radius 3 is 2.54 bits per heavy atom. The molecule has 2 aliphatic rings. The maximum Gasteiger partial charge on any atom is 0.506 e. The largest absolute Gasteiger partial charge is 0.506 e. The van der Waals surface area contributed by atoms with E-state index in [4.69, 9.17) is 9.84 Å². The summed E-state index contributed by atoms with van der Waals surface area (Å²) < 4.78 is 4.71. The fourth-order valence-electron chi connectivity index (χ4n) is 2.50. The Bertz CT molecular complexity index is 203. The van der Waals surface area contributed by atoms with Crippen LogP contribution in [0, 0.1) is 5.41 Å². The second kappa shape index (κ2) is 3.18. The highest BCUT2D eigenvalue weighted by molar-refractivity contribution is 5.57. The number of nitrogens with one attached hydrogen (secondary N) is 1. The van der Waals surface area contributed by atoms with E-state index < -0.39 is 6.16 Å². The minimum absolute atomic E-state index is 0.0319. The van der Waals surface area contributed by atoms with Gasteiger partial charge in [-0.3, -0.25) is 0 Å². The summed E-state index contributed by atoms with van der Waals surface area (Å²) in [6.45, 7) is 2.14. The zero-order chi connectivity index (χ0) is 9.31. The second-order valence-electron chi connectivity index (χ2n) is 4.16. The molecular weight excluding hydrogens is 170 g/mol. The third-order valence-corrected chi connectivity index (χ3v) is 3.25. The van der Waals surface area contributed by atoms with E-state index in [1.54, 1.807) is 0 Å². The molecule has 0 bridgehead atoms. The van der Waals surface area contributed by atoms with Crippen molar-refractivity contribution < 1.29 is 14.6 Å². The fraction of sp³-hybridized carbons (Fsp3) is 0.889. The Morgan fingerprint density at radius 1 is 1.38 bits per heavy atom. The third-order valence-electron chi connectivity index (χ3n) is 3.25. The van der Waals surface area contributed by atoms with Gasteiger partial charge in [0.25, 0.3) is 0 Å². The van der Waals surface area contributed by atoms with Crippen molar-refractivity contribution in [3.63, 3.8) is 0 Å². The maximum atomic E-state index is 10.2. The second-order valence-corrected chi connectivity index (χ2v) is 4.16. The number of carbonyl (C=O) groups is 1. The van der Waals surface area contributed by atoms with Crippen molar-refractivity contribution >= 4 is 6.16 Å². The zero-order valence-electron chi connectivity index (χ0n) is 7.58. The highest BCUT2D eigenvalue weighted by Crippen LogP contribution is 2.49. The molecule has 2 fully saturated rings. The lowest BCUT2D eigenvalue weighted by atomic mass is 9.62. The molecule has 1 heterocycles. The van der Waals surface area contributed by atoms with E-state index in [0.717, 1.165) is 25.9 Å². The molecule has 74 valence electrons. The Hall–Kier alpha value is -0.770. The van der Waals surface area contributed by atoms with E-state index in [-0.39, 0.29) is 6.10 Å². The molecule has 13 heavy (non-hydrogen) atoms. The first-order chi connectivity index (χ1) is 6.20. The number of rotatable bonds is 1. The summed E-state index contributed by atoms with van der Waals surface area (Å²) in [7, 11) is 0. The first-order valence-electron chi connectivity index (χ1n) is 4.81. The summed E-state index contributed by atoms with van der Waals surface area (Å²) in [5, 5.41) is 11.7. The van der Waals surface area contributed by atoms with Crippen molar-refractivity contribution in [1.82, 2.24) is 5.32 Å². The zero-order valence-corrected chi connectivity index (χ0v) is 7.58. The number of hydrogen-bond donors (Lipinski definition) is 2. The van der Waals surface area contributed by atoms with Crippen LogP contribution in [0.2, 0.25) is 0 Å². The van der Waals surface area contributed by atoms with Crippen molar-refractivity contribution in [2.24, 2.45) is 5.41 Å². The first kappa shape index (κ1) is 8.81. The molecule has 1 saturated carbocycles. The predicted octanol–water partition coefficient (Wildman–Crippen LogP) is 1.21. The van der Waals surface area contributed by atoms with Gasteiger partial charge in [-0.1, -0.05) is 0 Å². The van der Waals surface area contributed by atoms with E-state index in [1.807, 2.05) is 0 Å². The predicted molar refractivity (Wildman–Crippen MR) is 46.7 cm³/mol. The lowest BCUT2D eigenvalue weighted by molar-refractivity contribution is -0.0711. The van der Waals surface area contributed by atoms with Gasteiger partial charge in [0.1, 0.15) is 6.10 Å². The molecule has 0 unspecified atom stereocenters. The standard InChI is InChI=1S/C9H15NO3/c11-8(12)13-7-5-9(6-7)1-3-10-4-2-9/h7,10H,1-6H2,(H,11,12). The molecule has 0 aromatic heterocycles. The normalized spacial score (nSPS) is 26.8. The van der Waals surface area contributed by atoms with Crippen LogP contribution in [0.3, 0.4) is 0 Å². The van der Waals surface area contributed by atoms with Gasteiger partial charge in [-0.2, -0.15) is 0 Å². The Morgan fingerprint density at radius 2 is 2.00 bits per heavy atom. The van der Waals surface area contributed by atoms with E-state index >= 15 is 0 Å². The quantitative estimate of drug-likeness (QED) is 0.603. The molecule has 2 N–H and O–H groups in total. The summed E-state index contributed by atoms with van der Waals surface area (Å²) >= 11 is 0. The van der Waals surface area contributed by atoms with Gasteiger partial charge in [-0.25, -0.2) is 4.79 Å². The number of hydrogen-bond acceptors (Lipinski definition) is 3. The lowest BCUT2D eigenvalue weighted by Gasteiger charge is -2.49. The molecule has 4 nitrogen and oxygen atoms in total. The van der Waals surface area contributed by atoms with Crippen LogP contribution in [0.25, 0.3) is 0 Å². The van der Waals surface area contributed by atoms with Gasteiger partial charge in [-0.05, 0) is 44.2 Å². The van der Waals surface area contributed by atoms with Gasteiger partial charge in [0.15, 0.2) is 0 Å². The number of ether oxygens (including phenoxy) is 1. The lowest BCUT2D eigenvalue weighted by Crippen LogP contribution is -2.49. The summed E-state index contributed by atoms with van der Waals surface area (Å²) in [5.74, 6) is 0. The average Bonchev–Trinajstić information content (AvgIpc) is 2.02. The van der Waals surface area contributed by atoms with Gasteiger partial charge >= 0.3 is 6.16 Å². The molecule has 1 aliphatic carbocycles. The van der Waals surface area contributed by atoms with E-state index in [9.17, 15) is 4.79 Å². The average molecular weight is 185 g/mol. The molecule has 0 atom stereocenters. The minimum atomic E-state index is -1.13. The minimum Gasteiger partial charge on any atom is -0.450 e. The number of piperidine rings is 1. The van der Waals surface area contributed by atoms with Crippen molar-refractivity contribution in [2.75, 3.05) is 13.1 Å². The van der Waals surface area contributed by atoms with Crippen LogP contribution in [-0.2, 0) is 4.74 Å². The topological polar surface area (TPSA) is 58.6 Å².